The largest absolute Gasteiger partial charge is 0.459 e. The first kappa shape index (κ1) is 26.2. The molecule has 2 fully saturated rings. The molecule has 2 aromatic carbocycles. The molecule has 1 aliphatic heterocycles. The van der Waals surface area contributed by atoms with E-state index in [1.807, 2.05) is 24.3 Å². The van der Waals surface area contributed by atoms with E-state index < -0.39 is 41.4 Å². The van der Waals surface area contributed by atoms with Crippen molar-refractivity contribution in [2.45, 2.75) is 63.8 Å². The molecule has 0 aromatic heterocycles. The zero-order valence-corrected chi connectivity index (χ0v) is 21.0. The van der Waals surface area contributed by atoms with Gasteiger partial charge in [0.2, 0.25) is 11.8 Å². The van der Waals surface area contributed by atoms with Gasteiger partial charge in [-0.1, -0.05) is 47.0 Å². The molecule has 10 heteroatoms. The Bertz CT molecular complexity index is 1160. The van der Waals surface area contributed by atoms with Crippen LogP contribution in [0.1, 0.15) is 49.7 Å². The van der Waals surface area contributed by atoms with Gasteiger partial charge in [-0.2, -0.15) is 0 Å². The maximum Gasteiger partial charge on any atom is 0.328 e. The summed E-state index contributed by atoms with van der Waals surface area (Å²) >= 11 is 3.41. The van der Waals surface area contributed by atoms with Gasteiger partial charge in [0.1, 0.15) is 18.5 Å². The first-order valence-corrected chi connectivity index (χ1v) is 12.6. The average molecular weight is 567 g/mol. The second kappa shape index (κ2) is 11.5. The minimum absolute atomic E-state index is 0.0535. The van der Waals surface area contributed by atoms with Crippen LogP contribution in [-0.2, 0) is 32.3 Å². The number of amides is 2. The van der Waals surface area contributed by atoms with E-state index in [1.54, 1.807) is 0 Å². The van der Waals surface area contributed by atoms with Gasteiger partial charge >= 0.3 is 5.97 Å². The summed E-state index contributed by atoms with van der Waals surface area (Å²) < 4.78 is 47.6. The van der Waals surface area contributed by atoms with Crippen molar-refractivity contribution in [3.8, 4) is 0 Å². The molecule has 4 rings (SSSR count). The van der Waals surface area contributed by atoms with Crippen LogP contribution >= 0.6 is 15.9 Å². The molecule has 0 unspecified atom stereocenters. The fourth-order valence-corrected chi connectivity index (χ4v) is 4.76. The Labute approximate surface area is 215 Å². The third-order valence-corrected chi connectivity index (χ3v) is 7.27. The van der Waals surface area contributed by atoms with Crippen LogP contribution in [0.3, 0.4) is 0 Å². The molecule has 0 spiro atoms. The number of benzene rings is 2. The van der Waals surface area contributed by atoms with Crippen molar-refractivity contribution in [3.05, 3.63) is 69.4 Å². The Morgan fingerprint density at radius 1 is 1.11 bits per heavy atom. The van der Waals surface area contributed by atoms with Gasteiger partial charge in [-0.25, -0.2) is 18.0 Å². The minimum atomic E-state index is -1.34. The molecule has 2 aromatic rings. The van der Waals surface area contributed by atoms with Gasteiger partial charge in [-0.3, -0.25) is 9.59 Å². The van der Waals surface area contributed by atoms with Crippen LogP contribution in [0.5, 0.6) is 0 Å². The lowest BCUT2D eigenvalue weighted by Crippen LogP contribution is -2.44. The van der Waals surface area contributed by atoms with Gasteiger partial charge in [-0.05, 0) is 30.9 Å². The van der Waals surface area contributed by atoms with E-state index in [-0.39, 0.29) is 37.5 Å². The molecule has 36 heavy (non-hydrogen) atoms. The molecule has 1 aliphatic carbocycles. The van der Waals surface area contributed by atoms with Crippen LogP contribution in [0, 0.1) is 23.4 Å². The van der Waals surface area contributed by atoms with Crippen molar-refractivity contribution < 1.29 is 32.3 Å². The van der Waals surface area contributed by atoms with Gasteiger partial charge in [0.25, 0.3) is 0 Å². The molecule has 1 N–H and O–H groups in total. The number of nitrogens with zero attached hydrogens (tertiary/aromatic N) is 1. The molecule has 0 bridgehead atoms. The molecular formula is C26H26BrF3N2O4. The predicted octanol–water partition coefficient (Wildman–Crippen LogP) is 4.78. The van der Waals surface area contributed by atoms with E-state index in [2.05, 4.69) is 21.2 Å². The normalized spacial score (nSPS) is 18.3. The SMILES string of the molecule is O=C(C[C@@H]1CCC(=O)N1Cc1cc(F)cc(F)c1F)N[C@@H](CC1CC1)C(=O)OCc1ccccc1Br. The van der Waals surface area contributed by atoms with Crippen LogP contribution in [0.4, 0.5) is 13.2 Å². The summed E-state index contributed by atoms with van der Waals surface area (Å²) in [6, 6.07) is 7.21. The van der Waals surface area contributed by atoms with Gasteiger partial charge < -0.3 is 15.0 Å². The molecule has 2 atom stereocenters. The molecule has 2 aliphatic rings. The maximum absolute atomic E-state index is 14.1. The molecule has 2 amide bonds. The number of nitrogens with one attached hydrogen (secondary N) is 1. The van der Waals surface area contributed by atoms with E-state index in [1.165, 1.54) is 4.90 Å². The van der Waals surface area contributed by atoms with E-state index in [0.29, 0.717) is 24.8 Å². The third-order valence-electron chi connectivity index (χ3n) is 6.50. The van der Waals surface area contributed by atoms with E-state index in [9.17, 15) is 27.6 Å². The summed E-state index contributed by atoms with van der Waals surface area (Å²) in [5.41, 5.74) is 0.499. The van der Waals surface area contributed by atoms with Gasteiger partial charge in [-0.15, -0.1) is 0 Å². The molecule has 192 valence electrons. The number of halogens is 4. The Hall–Kier alpha value is -2.88. The van der Waals surface area contributed by atoms with Crippen molar-refractivity contribution >= 4 is 33.7 Å². The lowest BCUT2D eigenvalue weighted by Gasteiger charge is -2.26. The highest BCUT2D eigenvalue weighted by atomic mass is 79.9. The summed E-state index contributed by atoms with van der Waals surface area (Å²) in [5, 5.41) is 2.74. The third kappa shape index (κ3) is 6.66. The zero-order chi connectivity index (χ0) is 25.8. The standard InChI is InChI=1S/C26H26BrF3N2O4/c27-20-4-2-1-3-16(20)14-36-26(35)22(9-15-5-6-15)31-23(33)12-19-7-8-24(34)32(19)13-17-10-18(28)11-21(29)25(17)30/h1-4,10-11,15,19,22H,5-9,12-14H2,(H,31,33)/t19-,22-/m0/s1. The Morgan fingerprint density at radius 2 is 1.86 bits per heavy atom. The van der Waals surface area contributed by atoms with Crippen LogP contribution in [-0.4, -0.2) is 34.8 Å². The number of rotatable bonds is 10. The number of hydrogen-bond acceptors (Lipinski definition) is 4. The van der Waals surface area contributed by atoms with Crippen molar-refractivity contribution in [1.82, 2.24) is 10.2 Å². The topological polar surface area (TPSA) is 75.7 Å². The maximum atomic E-state index is 14.1. The van der Waals surface area contributed by atoms with Crippen LogP contribution in [0.2, 0.25) is 0 Å². The predicted molar refractivity (Wildman–Crippen MR) is 128 cm³/mol. The van der Waals surface area contributed by atoms with Gasteiger partial charge in [0, 0.05) is 47.1 Å². The fourth-order valence-electron chi connectivity index (χ4n) is 4.36. The molecule has 0 radical (unpaired) electrons. The van der Waals surface area contributed by atoms with E-state index in [0.717, 1.165) is 28.9 Å². The summed E-state index contributed by atoms with van der Waals surface area (Å²) in [6.07, 6.45) is 2.77. The van der Waals surface area contributed by atoms with E-state index >= 15 is 0 Å². The highest BCUT2D eigenvalue weighted by Crippen LogP contribution is 2.34. The summed E-state index contributed by atoms with van der Waals surface area (Å²) in [4.78, 5) is 39.3. The Morgan fingerprint density at radius 3 is 2.58 bits per heavy atom. The first-order valence-electron chi connectivity index (χ1n) is 11.8. The van der Waals surface area contributed by atoms with Gasteiger partial charge in [0.05, 0.1) is 0 Å². The molecule has 6 nitrogen and oxygen atoms in total. The number of hydrogen-bond donors (Lipinski definition) is 1. The monoisotopic (exact) mass is 566 g/mol. The number of ether oxygens (including phenoxy) is 1. The average Bonchev–Trinajstić information content (AvgIpc) is 3.59. The van der Waals surface area contributed by atoms with Crippen LogP contribution < -0.4 is 5.32 Å². The zero-order valence-electron chi connectivity index (χ0n) is 19.4. The van der Waals surface area contributed by atoms with Crippen molar-refractivity contribution in [1.29, 1.82) is 0 Å². The van der Waals surface area contributed by atoms with Crippen molar-refractivity contribution in [2.75, 3.05) is 0 Å². The minimum Gasteiger partial charge on any atom is -0.459 e. The quantitative estimate of drug-likeness (QED) is 0.332. The van der Waals surface area contributed by atoms with Crippen LogP contribution in [0.25, 0.3) is 0 Å². The fraction of sp³-hybridized carbons (Fsp3) is 0.423. The highest BCUT2D eigenvalue weighted by molar-refractivity contribution is 9.10. The Kier molecular flexibility index (Phi) is 8.33. The first-order chi connectivity index (χ1) is 17.2. The second-order valence-electron chi connectivity index (χ2n) is 9.28. The lowest BCUT2D eigenvalue weighted by molar-refractivity contribution is -0.149. The number of likely N-dealkylation sites (tertiary alicyclic amines) is 1. The second-order valence-corrected chi connectivity index (χ2v) is 10.1. The van der Waals surface area contributed by atoms with Crippen LogP contribution in [0.15, 0.2) is 40.9 Å². The smallest absolute Gasteiger partial charge is 0.328 e. The highest BCUT2D eigenvalue weighted by Gasteiger charge is 2.36. The summed E-state index contributed by atoms with van der Waals surface area (Å²) in [6.45, 7) is -0.297. The summed E-state index contributed by atoms with van der Waals surface area (Å²) in [7, 11) is 0. The van der Waals surface area contributed by atoms with E-state index in [4.69, 9.17) is 4.74 Å². The molecular weight excluding hydrogens is 541 g/mol. The van der Waals surface area contributed by atoms with Gasteiger partial charge in [0.15, 0.2) is 11.6 Å². The Balaban J connectivity index is 1.38. The van der Waals surface area contributed by atoms with Crippen molar-refractivity contribution in [2.24, 2.45) is 5.92 Å². The molecule has 1 heterocycles. The number of carbonyl (C=O) groups excluding carboxylic acids is 3. The number of carbonyl (C=O) groups is 3. The molecule has 1 saturated carbocycles. The summed E-state index contributed by atoms with van der Waals surface area (Å²) in [5.74, 6) is -4.50. The number of esters is 1. The molecule has 1 saturated heterocycles. The van der Waals surface area contributed by atoms with Crippen molar-refractivity contribution in [3.63, 3.8) is 0 Å². The lowest BCUT2D eigenvalue weighted by atomic mass is 10.1.